The van der Waals surface area contributed by atoms with Crippen LogP contribution in [-0.4, -0.2) is 15.1 Å². The highest BCUT2D eigenvalue weighted by molar-refractivity contribution is 5.36. The maximum Gasteiger partial charge on any atom is 0.122 e. The molecule has 0 unspecified atom stereocenters. The molecule has 3 nitrogen and oxygen atoms in total. The molecule has 0 amide bonds. The van der Waals surface area contributed by atoms with E-state index in [9.17, 15) is 5.11 Å². The topological polar surface area (TPSA) is 46.0 Å². The molecule has 1 aromatic rings. The van der Waals surface area contributed by atoms with Crippen LogP contribution >= 0.6 is 0 Å². The molecule has 0 fully saturated rings. The van der Waals surface area contributed by atoms with Crippen LogP contribution in [0.3, 0.4) is 0 Å². The van der Waals surface area contributed by atoms with Gasteiger partial charge in [-0.1, -0.05) is 19.8 Å². The Morgan fingerprint density at radius 1 is 1.29 bits per heavy atom. The highest BCUT2D eigenvalue weighted by Gasteiger charge is 2.16. The lowest BCUT2D eigenvalue weighted by molar-refractivity contribution is 0.126. The van der Waals surface area contributed by atoms with Gasteiger partial charge in [-0.3, -0.25) is 0 Å². The fourth-order valence-corrected chi connectivity index (χ4v) is 1.27. The summed E-state index contributed by atoms with van der Waals surface area (Å²) in [7, 11) is 0. The Morgan fingerprint density at radius 3 is 2.47 bits per heavy atom. The predicted octanol–water partition coefficient (Wildman–Crippen LogP) is 2.56. The van der Waals surface area contributed by atoms with E-state index < -0.39 is 6.10 Å². The molecule has 1 N–H and O–H groups in total. The molecular formula is C14H20N2O. The van der Waals surface area contributed by atoms with Gasteiger partial charge >= 0.3 is 0 Å². The molecule has 0 radical (unpaired) electrons. The van der Waals surface area contributed by atoms with Crippen LogP contribution in [0.4, 0.5) is 0 Å². The van der Waals surface area contributed by atoms with Crippen LogP contribution < -0.4 is 0 Å². The van der Waals surface area contributed by atoms with E-state index in [0.717, 1.165) is 0 Å². The lowest BCUT2D eigenvalue weighted by Crippen LogP contribution is -2.09. The van der Waals surface area contributed by atoms with E-state index >= 15 is 0 Å². The van der Waals surface area contributed by atoms with Crippen molar-refractivity contribution < 1.29 is 5.11 Å². The second-order valence-electron chi connectivity index (χ2n) is 5.52. The van der Waals surface area contributed by atoms with Crippen LogP contribution in [0.5, 0.6) is 0 Å². The average Bonchev–Trinajstić information content (AvgIpc) is 2.24. The number of hydrogen-bond acceptors (Lipinski definition) is 3. The summed E-state index contributed by atoms with van der Waals surface area (Å²) < 4.78 is 0. The van der Waals surface area contributed by atoms with Gasteiger partial charge in [-0.25, -0.2) is 9.97 Å². The molecule has 0 aromatic carbocycles. The first-order valence-corrected chi connectivity index (χ1v) is 5.82. The van der Waals surface area contributed by atoms with Crippen molar-refractivity contribution in [1.82, 2.24) is 9.97 Å². The summed E-state index contributed by atoms with van der Waals surface area (Å²) in [5.74, 6) is 6.27. The normalized spacial score (nSPS) is 13.1. The Hall–Kier alpha value is -1.40. The van der Waals surface area contributed by atoms with E-state index in [1.807, 2.05) is 34.6 Å². The van der Waals surface area contributed by atoms with Crippen LogP contribution in [0.15, 0.2) is 12.5 Å². The molecule has 0 aliphatic carbocycles. The summed E-state index contributed by atoms with van der Waals surface area (Å²) in [6, 6.07) is 0. The quantitative estimate of drug-likeness (QED) is 0.797. The van der Waals surface area contributed by atoms with Crippen LogP contribution in [0.2, 0.25) is 0 Å². The highest BCUT2D eigenvalue weighted by Crippen LogP contribution is 2.22. The molecule has 3 heteroatoms. The van der Waals surface area contributed by atoms with Gasteiger partial charge in [-0.2, -0.15) is 0 Å². The van der Waals surface area contributed by atoms with E-state index in [0.29, 0.717) is 11.3 Å². The van der Waals surface area contributed by atoms with E-state index in [-0.39, 0.29) is 11.3 Å². The van der Waals surface area contributed by atoms with Crippen LogP contribution in [0, 0.1) is 23.2 Å². The van der Waals surface area contributed by atoms with Crippen molar-refractivity contribution in [2.45, 2.75) is 40.7 Å². The summed E-state index contributed by atoms with van der Waals surface area (Å²) in [4.78, 5) is 8.09. The van der Waals surface area contributed by atoms with E-state index in [1.165, 1.54) is 6.33 Å². The average molecular weight is 232 g/mol. The minimum absolute atomic E-state index is 0.0784. The Morgan fingerprint density at radius 2 is 1.94 bits per heavy atom. The second-order valence-corrected chi connectivity index (χ2v) is 5.52. The van der Waals surface area contributed by atoms with E-state index in [1.54, 1.807) is 6.20 Å². The Bertz CT molecular complexity index is 436. The van der Waals surface area contributed by atoms with Crippen LogP contribution in [-0.2, 0) is 0 Å². The van der Waals surface area contributed by atoms with Gasteiger partial charge < -0.3 is 5.11 Å². The zero-order chi connectivity index (χ0) is 13.1. The molecule has 1 aromatic heterocycles. The van der Waals surface area contributed by atoms with E-state index in [4.69, 9.17) is 0 Å². The molecule has 0 spiro atoms. The van der Waals surface area contributed by atoms with Crippen LogP contribution in [0.1, 0.15) is 52.0 Å². The number of aliphatic hydroxyl groups is 1. The Kier molecular flexibility index (Phi) is 4.25. The fraction of sp³-hybridized carbons (Fsp3) is 0.571. The van der Waals surface area contributed by atoms with Crippen molar-refractivity contribution in [2.24, 2.45) is 11.3 Å². The molecule has 0 aliphatic heterocycles. The fourth-order valence-electron chi connectivity index (χ4n) is 1.27. The molecule has 1 atom stereocenters. The standard InChI is InChI=1S/C14H20N2O/c1-10(2)13(17)11-8-15-9-16-12(11)6-7-14(3,4)5/h8-10,13,17H,1-5H3/t13-/m0/s1. The third-order valence-electron chi connectivity index (χ3n) is 2.25. The molecule has 0 saturated carbocycles. The van der Waals surface area contributed by atoms with Crippen LogP contribution in [0.25, 0.3) is 0 Å². The van der Waals surface area contributed by atoms with Gasteiger partial charge in [0.1, 0.15) is 12.0 Å². The molecule has 0 saturated heterocycles. The van der Waals surface area contributed by atoms with Gasteiger partial charge in [0.2, 0.25) is 0 Å². The molecule has 1 rings (SSSR count). The number of nitrogens with zero attached hydrogens (tertiary/aromatic N) is 2. The molecule has 0 aliphatic rings. The number of aromatic nitrogens is 2. The monoisotopic (exact) mass is 232 g/mol. The lowest BCUT2D eigenvalue weighted by atomic mass is 9.96. The Balaban J connectivity index is 3.12. The summed E-state index contributed by atoms with van der Waals surface area (Å²) in [5, 5.41) is 10.1. The number of rotatable bonds is 2. The summed E-state index contributed by atoms with van der Waals surface area (Å²) in [5.41, 5.74) is 1.25. The Labute approximate surface area is 103 Å². The number of hydrogen-bond donors (Lipinski definition) is 1. The largest absolute Gasteiger partial charge is 0.388 e. The summed E-state index contributed by atoms with van der Waals surface area (Å²) >= 11 is 0. The maximum atomic E-state index is 10.1. The minimum atomic E-state index is -0.569. The molecule has 0 bridgehead atoms. The van der Waals surface area contributed by atoms with Crippen molar-refractivity contribution in [2.75, 3.05) is 0 Å². The van der Waals surface area contributed by atoms with Crippen molar-refractivity contribution >= 4 is 0 Å². The van der Waals surface area contributed by atoms with Crippen molar-refractivity contribution in [3.63, 3.8) is 0 Å². The summed E-state index contributed by atoms with van der Waals surface area (Å²) in [6.07, 6.45) is 2.54. The third-order valence-corrected chi connectivity index (χ3v) is 2.25. The zero-order valence-corrected chi connectivity index (χ0v) is 11.2. The van der Waals surface area contributed by atoms with Gasteiger partial charge in [-0.05, 0) is 32.6 Å². The van der Waals surface area contributed by atoms with Gasteiger partial charge in [0, 0.05) is 17.2 Å². The first-order chi connectivity index (χ1) is 7.81. The van der Waals surface area contributed by atoms with Gasteiger partial charge in [-0.15, -0.1) is 0 Å². The van der Waals surface area contributed by atoms with Gasteiger partial charge in [0.15, 0.2) is 0 Å². The SMILES string of the molecule is CC(C)[C@H](O)c1cncnc1C#CC(C)(C)C. The molecule has 92 valence electrons. The summed E-state index contributed by atoms with van der Waals surface area (Å²) in [6.45, 7) is 10.0. The lowest BCUT2D eigenvalue weighted by Gasteiger charge is -2.15. The van der Waals surface area contributed by atoms with Gasteiger partial charge in [0.25, 0.3) is 0 Å². The maximum absolute atomic E-state index is 10.1. The predicted molar refractivity (Wildman–Crippen MR) is 68.2 cm³/mol. The van der Waals surface area contributed by atoms with E-state index in [2.05, 4.69) is 21.8 Å². The van der Waals surface area contributed by atoms with Crippen molar-refractivity contribution in [3.8, 4) is 11.8 Å². The minimum Gasteiger partial charge on any atom is -0.388 e. The van der Waals surface area contributed by atoms with Crippen molar-refractivity contribution in [3.05, 3.63) is 23.8 Å². The number of aliphatic hydroxyl groups excluding tert-OH is 1. The first-order valence-electron chi connectivity index (χ1n) is 5.82. The highest BCUT2D eigenvalue weighted by atomic mass is 16.3. The first kappa shape index (κ1) is 13.7. The zero-order valence-electron chi connectivity index (χ0n) is 11.2. The van der Waals surface area contributed by atoms with Crippen molar-refractivity contribution in [1.29, 1.82) is 0 Å². The second kappa shape index (κ2) is 5.29. The molecule has 1 heterocycles. The third kappa shape index (κ3) is 4.16. The molecular weight excluding hydrogens is 212 g/mol. The molecule has 17 heavy (non-hydrogen) atoms. The smallest absolute Gasteiger partial charge is 0.122 e. The van der Waals surface area contributed by atoms with Gasteiger partial charge in [0.05, 0.1) is 6.10 Å².